The summed E-state index contributed by atoms with van der Waals surface area (Å²) in [6, 6.07) is 0.0207. The molecule has 0 saturated carbocycles. The summed E-state index contributed by atoms with van der Waals surface area (Å²) in [5.74, 6) is 1.53. The van der Waals surface area contributed by atoms with Crippen molar-refractivity contribution in [1.29, 1.82) is 0 Å². The molecule has 140 valence electrons. The topological polar surface area (TPSA) is 54.0 Å². The van der Waals surface area contributed by atoms with E-state index in [0.717, 1.165) is 6.42 Å². The molecule has 0 aromatic rings. The Morgan fingerprint density at radius 3 is 2.25 bits per heavy atom. The molecule has 0 aliphatic carbocycles. The molecule has 1 aliphatic rings. The lowest BCUT2D eigenvalue weighted by molar-refractivity contribution is 0.0811. The lowest BCUT2D eigenvalue weighted by atomic mass is 9.94. The average molecular weight is 376 g/mol. The monoisotopic (exact) mass is 376 g/mol. The highest BCUT2D eigenvalue weighted by Crippen LogP contribution is 2.50. The van der Waals surface area contributed by atoms with Gasteiger partial charge in [0.2, 0.25) is 0 Å². The molecule has 0 amide bonds. The predicted molar refractivity (Wildman–Crippen MR) is 104 cm³/mol. The van der Waals surface area contributed by atoms with Crippen molar-refractivity contribution in [3.8, 4) is 0 Å². The van der Waals surface area contributed by atoms with Gasteiger partial charge in [-0.1, -0.05) is 20.8 Å². The first-order valence-electron chi connectivity index (χ1n) is 8.85. The highest BCUT2D eigenvalue weighted by molar-refractivity contribution is 7.57. The van der Waals surface area contributed by atoms with Gasteiger partial charge < -0.3 is 18.2 Å². The van der Waals surface area contributed by atoms with E-state index in [9.17, 15) is 4.57 Å². The van der Waals surface area contributed by atoms with Crippen LogP contribution in [0.5, 0.6) is 0 Å². The average Bonchev–Trinajstić information content (AvgIpc) is 2.76. The normalized spacial score (nSPS) is 26.4. The minimum atomic E-state index is -3.17. The maximum Gasteiger partial charge on any atom is 0.353 e. The van der Waals surface area contributed by atoms with E-state index in [1.165, 1.54) is 5.82 Å². The van der Waals surface area contributed by atoms with Crippen LogP contribution in [0.1, 0.15) is 41.0 Å². The van der Waals surface area contributed by atoms with E-state index in [1.54, 1.807) is 19.9 Å². The van der Waals surface area contributed by atoms with Crippen LogP contribution in [-0.2, 0) is 22.8 Å². The lowest BCUT2D eigenvalue weighted by Crippen LogP contribution is -2.46. The van der Waals surface area contributed by atoms with Gasteiger partial charge in [-0.15, -0.1) is 0 Å². The molecule has 24 heavy (non-hydrogen) atoms. The second-order valence-electron chi connectivity index (χ2n) is 7.75. The van der Waals surface area contributed by atoms with Gasteiger partial charge in [-0.3, -0.25) is 4.57 Å². The molecule has 1 heterocycles. The van der Waals surface area contributed by atoms with Crippen molar-refractivity contribution in [2.24, 2.45) is 0 Å². The van der Waals surface area contributed by atoms with Crippen molar-refractivity contribution in [2.45, 2.75) is 77.4 Å². The molecule has 0 aromatic carbocycles. The van der Waals surface area contributed by atoms with E-state index in [2.05, 4.69) is 33.9 Å². The third-order valence-corrected chi connectivity index (χ3v) is 11.0. The lowest BCUT2D eigenvalue weighted by Gasteiger charge is -2.39. The minimum absolute atomic E-state index is 0.0207. The Balaban J connectivity index is 2.72. The van der Waals surface area contributed by atoms with Gasteiger partial charge in [-0.05, 0) is 38.1 Å². The van der Waals surface area contributed by atoms with Gasteiger partial charge in [-0.25, -0.2) is 0 Å². The van der Waals surface area contributed by atoms with Crippen molar-refractivity contribution in [3.63, 3.8) is 0 Å². The molecule has 1 rings (SSSR count). The second kappa shape index (κ2) is 8.65. The Labute approximate surface area is 149 Å². The Hall–Kier alpha value is 0.0918. The van der Waals surface area contributed by atoms with Crippen molar-refractivity contribution < 1.29 is 22.8 Å². The number of ether oxygens (including phenoxy) is 1. The Morgan fingerprint density at radius 2 is 1.79 bits per heavy atom. The van der Waals surface area contributed by atoms with E-state index in [-0.39, 0.29) is 23.2 Å². The van der Waals surface area contributed by atoms with E-state index in [0.29, 0.717) is 13.2 Å². The predicted octanol–water partition coefficient (Wildman–Crippen LogP) is 3.90. The Morgan fingerprint density at radius 1 is 1.25 bits per heavy atom. The second-order valence-corrected chi connectivity index (χ2v) is 14.4. The summed E-state index contributed by atoms with van der Waals surface area (Å²) in [6.07, 6.45) is 2.52. The van der Waals surface area contributed by atoms with Crippen molar-refractivity contribution >= 4 is 23.8 Å². The summed E-state index contributed by atoms with van der Waals surface area (Å²) < 4.78 is 35.5. The first-order valence-corrected chi connectivity index (χ1v) is 13.4. The van der Waals surface area contributed by atoms with E-state index < -0.39 is 15.9 Å². The quantitative estimate of drug-likeness (QED) is 0.475. The number of rotatable bonds is 8. The molecule has 1 saturated heterocycles. The molecule has 1 aliphatic heterocycles. The Kier molecular flexibility index (Phi) is 7.98. The largest absolute Gasteiger partial charge is 0.412 e. The zero-order chi connectivity index (χ0) is 18.6. The van der Waals surface area contributed by atoms with Crippen LogP contribution in [0.2, 0.25) is 18.1 Å². The van der Waals surface area contributed by atoms with Gasteiger partial charge in [-0.2, -0.15) is 0 Å². The van der Waals surface area contributed by atoms with Gasteiger partial charge in [0.15, 0.2) is 8.32 Å². The number of hydrogen-bond donors (Lipinski definition) is 0. The molecule has 8 heteroatoms. The van der Waals surface area contributed by atoms with E-state index >= 15 is 0 Å². The Bertz CT molecular complexity index is 468. The summed E-state index contributed by atoms with van der Waals surface area (Å²) in [7, 11) is -2.97. The van der Waals surface area contributed by atoms with Crippen LogP contribution in [0, 0.1) is 0 Å². The molecule has 3 atom stereocenters. The molecule has 0 radical (unpaired) electrons. The number of hydrogen-bond acceptors (Lipinski definition) is 5. The van der Waals surface area contributed by atoms with Crippen LogP contribution in [-0.4, -0.2) is 47.6 Å². The highest BCUT2D eigenvalue weighted by atomic mass is 31.2. The fourth-order valence-corrected chi connectivity index (χ4v) is 5.11. The first kappa shape index (κ1) is 22.1. The van der Waals surface area contributed by atoms with Crippen molar-refractivity contribution in [3.05, 3.63) is 11.9 Å². The summed E-state index contributed by atoms with van der Waals surface area (Å²) >= 11 is 0. The van der Waals surface area contributed by atoms with Gasteiger partial charge in [0.1, 0.15) is 7.85 Å². The summed E-state index contributed by atoms with van der Waals surface area (Å²) in [6.45, 7) is 15.5. The third kappa shape index (κ3) is 6.11. The molecule has 0 bridgehead atoms. The zero-order valence-electron chi connectivity index (χ0n) is 16.5. The van der Waals surface area contributed by atoms with Gasteiger partial charge in [0.25, 0.3) is 0 Å². The molecule has 0 spiro atoms. The van der Waals surface area contributed by atoms with Crippen LogP contribution in [0.4, 0.5) is 0 Å². The van der Waals surface area contributed by atoms with Gasteiger partial charge in [0.05, 0.1) is 25.4 Å². The SMILES string of the molecule is B[C@@H]1O[C@H](/C=C/P(=O)(OCC)OCC)CC1O[Si](C)(C)C(C)(C)C. The third-order valence-electron chi connectivity index (χ3n) is 4.73. The van der Waals surface area contributed by atoms with Gasteiger partial charge in [0, 0.05) is 18.2 Å². The fraction of sp³-hybridized carbons (Fsp3) is 0.875. The molecule has 5 nitrogen and oxygen atoms in total. The van der Waals surface area contributed by atoms with Crippen LogP contribution in [0.15, 0.2) is 11.9 Å². The summed E-state index contributed by atoms with van der Waals surface area (Å²) in [5, 5.41) is 0.167. The van der Waals surface area contributed by atoms with Crippen LogP contribution >= 0.6 is 7.60 Å². The van der Waals surface area contributed by atoms with Crippen molar-refractivity contribution in [1.82, 2.24) is 0 Å². The fourth-order valence-electron chi connectivity index (χ4n) is 2.35. The summed E-state index contributed by atoms with van der Waals surface area (Å²) in [5.41, 5.74) is 0. The molecule has 0 aromatic heterocycles. The van der Waals surface area contributed by atoms with Crippen molar-refractivity contribution in [2.75, 3.05) is 13.2 Å². The minimum Gasteiger partial charge on any atom is -0.412 e. The smallest absolute Gasteiger partial charge is 0.353 e. The summed E-state index contributed by atoms with van der Waals surface area (Å²) in [4.78, 5) is 0. The molecule has 1 unspecified atom stereocenters. The standard InChI is InChI=1S/C16H34BO5PSi/c1-8-19-23(18,20-9-2)11-10-13-12-14(15(17)21-13)22-24(6,7)16(3,4)5/h10-11,13-15H,8-9,12,17H2,1-7H3/b11-10+/t13-,14?,15-/m1/s1. The molecular formula is C16H34BO5PSi. The zero-order valence-corrected chi connectivity index (χ0v) is 18.4. The van der Waals surface area contributed by atoms with Crippen LogP contribution in [0.25, 0.3) is 0 Å². The highest BCUT2D eigenvalue weighted by Gasteiger charge is 2.43. The molecule has 0 N–H and O–H groups in total. The van der Waals surface area contributed by atoms with E-state index in [1.807, 2.05) is 7.85 Å². The van der Waals surface area contributed by atoms with Crippen LogP contribution in [0.3, 0.4) is 0 Å². The maximum atomic E-state index is 12.5. The maximum absolute atomic E-state index is 12.5. The van der Waals surface area contributed by atoms with E-state index in [4.69, 9.17) is 18.2 Å². The van der Waals surface area contributed by atoms with Gasteiger partial charge >= 0.3 is 7.60 Å². The van der Waals surface area contributed by atoms with Crippen LogP contribution < -0.4 is 0 Å². The molecular weight excluding hydrogens is 342 g/mol. The first-order chi connectivity index (χ1) is 10.9. The molecule has 1 fully saturated rings.